The van der Waals surface area contributed by atoms with Gasteiger partial charge in [0.05, 0.1) is 16.1 Å². The van der Waals surface area contributed by atoms with Crippen molar-refractivity contribution in [2.24, 2.45) is 5.92 Å². The van der Waals surface area contributed by atoms with E-state index in [1.807, 2.05) is 18.2 Å². The van der Waals surface area contributed by atoms with Crippen LogP contribution in [0.3, 0.4) is 0 Å². The van der Waals surface area contributed by atoms with Gasteiger partial charge in [0.15, 0.2) is 5.78 Å². The average Bonchev–Trinajstić information content (AvgIpc) is 2.87. The molecule has 2 heterocycles. The van der Waals surface area contributed by atoms with Gasteiger partial charge in [0.25, 0.3) is 0 Å². The van der Waals surface area contributed by atoms with E-state index in [9.17, 15) is 4.79 Å². The van der Waals surface area contributed by atoms with Crippen molar-refractivity contribution in [3.05, 3.63) is 58.1 Å². The zero-order chi connectivity index (χ0) is 22.8. The molecule has 2 atom stereocenters. The van der Waals surface area contributed by atoms with Crippen molar-refractivity contribution in [1.29, 1.82) is 0 Å². The van der Waals surface area contributed by atoms with Crippen LogP contribution in [0.1, 0.15) is 44.1 Å². The van der Waals surface area contributed by atoms with E-state index in [2.05, 4.69) is 39.4 Å². The third kappa shape index (κ3) is 5.03. The molecular weight excluding hydrogens is 453 g/mol. The minimum atomic E-state index is -0.0580. The van der Waals surface area contributed by atoms with Crippen LogP contribution in [-0.2, 0) is 11.2 Å². The molecular formula is C27H33Cl2N3O. The monoisotopic (exact) mass is 485 g/mol. The summed E-state index contributed by atoms with van der Waals surface area (Å²) in [6.45, 7) is 3.53. The Bertz CT molecular complexity index is 983. The number of hydrogen-bond donors (Lipinski definition) is 1. The summed E-state index contributed by atoms with van der Waals surface area (Å²) in [7, 11) is 0. The molecule has 1 saturated heterocycles. The van der Waals surface area contributed by atoms with Crippen molar-refractivity contribution in [2.75, 3.05) is 36.4 Å². The van der Waals surface area contributed by atoms with Crippen molar-refractivity contribution in [1.82, 2.24) is 4.90 Å². The molecule has 0 bridgehead atoms. The molecule has 1 N–H and O–H groups in total. The van der Waals surface area contributed by atoms with E-state index in [4.69, 9.17) is 23.2 Å². The van der Waals surface area contributed by atoms with Crippen LogP contribution in [0, 0.1) is 5.92 Å². The van der Waals surface area contributed by atoms with E-state index in [0.717, 1.165) is 57.5 Å². The largest absolute Gasteiger partial charge is 0.380 e. The van der Waals surface area contributed by atoms with Crippen molar-refractivity contribution >= 4 is 40.4 Å². The van der Waals surface area contributed by atoms with Crippen molar-refractivity contribution in [3.63, 3.8) is 0 Å². The summed E-state index contributed by atoms with van der Waals surface area (Å²) in [6.07, 6.45) is 7.80. The van der Waals surface area contributed by atoms with Gasteiger partial charge in [-0.25, -0.2) is 0 Å². The molecule has 33 heavy (non-hydrogen) atoms. The van der Waals surface area contributed by atoms with Gasteiger partial charge in [0, 0.05) is 49.5 Å². The fourth-order valence-corrected chi connectivity index (χ4v) is 6.19. The predicted molar refractivity (Wildman–Crippen MR) is 138 cm³/mol. The van der Waals surface area contributed by atoms with E-state index < -0.39 is 0 Å². The molecule has 2 aromatic rings. The normalized spacial score (nSPS) is 23.0. The number of aryl methyl sites for hydroxylation is 1. The third-order valence-corrected chi connectivity index (χ3v) is 8.48. The molecule has 2 fully saturated rings. The van der Waals surface area contributed by atoms with Crippen LogP contribution in [0.15, 0.2) is 42.5 Å². The van der Waals surface area contributed by atoms with Crippen LogP contribution in [0.25, 0.3) is 0 Å². The molecule has 176 valence electrons. The summed E-state index contributed by atoms with van der Waals surface area (Å²) in [4.78, 5) is 18.7. The summed E-state index contributed by atoms with van der Waals surface area (Å²) < 4.78 is 0. The first-order valence-corrected chi connectivity index (χ1v) is 13.2. The van der Waals surface area contributed by atoms with Gasteiger partial charge in [-0.2, -0.15) is 0 Å². The molecule has 1 saturated carbocycles. The van der Waals surface area contributed by atoms with Gasteiger partial charge in [-0.1, -0.05) is 60.7 Å². The topological polar surface area (TPSA) is 35.6 Å². The summed E-state index contributed by atoms with van der Waals surface area (Å²) in [5.41, 5.74) is 3.66. The van der Waals surface area contributed by atoms with Gasteiger partial charge >= 0.3 is 0 Å². The minimum absolute atomic E-state index is 0.0580. The molecule has 2 unspecified atom stereocenters. The molecule has 5 rings (SSSR count). The molecule has 6 heteroatoms. The minimum Gasteiger partial charge on any atom is -0.380 e. The molecule has 3 aliphatic rings. The van der Waals surface area contributed by atoms with Gasteiger partial charge in [0.1, 0.15) is 0 Å². The summed E-state index contributed by atoms with van der Waals surface area (Å²) in [6, 6.07) is 14.5. The fraction of sp³-hybridized carbons (Fsp3) is 0.519. The second kappa shape index (κ2) is 10.2. The Kier molecular flexibility index (Phi) is 7.15. The van der Waals surface area contributed by atoms with Crippen molar-refractivity contribution in [3.8, 4) is 0 Å². The van der Waals surface area contributed by atoms with Gasteiger partial charge in [-0.3, -0.25) is 9.69 Å². The Morgan fingerprint density at radius 3 is 2.42 bits per heavy atom. The molecule has 4 nitrogen and oxygen atoms in total. The number of hydrogen-bond acceptors (Lipinski definition) is 4. The number of nitrogens with zero attached hydrogens (tertiary/aromatic N) is 2. The van der Waals surface area contributed by atoms with Gasteiger partial charge < -0.3 is 10.2 Å². The Balaban J connectivity index is 1.33. The van der Waals surface area contributed by atoms with Crippen LogP contribution in [0.2, 0.25) is 10.0 Å². The number of anilines is 2. The number of carbonyl (C=O) groups is 1. The molecule has 0 spiro atoms. The highest BCUT2D eigenvalue weighted by atomic mass is 35.5. The molecule has 0 aromatic heterocycles. The maximum Gasteiger partial charge on any atom is 0.155 e. The summed E-state index contributed by atoms with van der Waals surface area (Å²) in [5.74, 6) is 0.686. The first-order chi connectivity index (χ1) is 16.1. The number of ketones is 1. The van der Waals surface area contributed by atoms with Crippen LogP contribution in [0.4, 0.5) is 11.4 Å². The number of rotatable bonds is 5. The lowest BCUT2D eigenvalue weighted by molar-refractivity contribution is -0.130. The lowest BCUT2D eigenvalue weighted by Crippen LogP contribution is -2.60. The molecule has 0 amide bonds. The quantitative estimate of drug-likeness (QED) is 0.557. The lowest BCUT2D eigenvalue weighted by atomic mass is 9.80. The Hall–Kier alpha value is -1.75. The van der Waals surface area contributed by atoms with Gasteiger partial charge in [0.2, 0.25) is 0 Å². The Morgan fingerprint density at radius 1 is 0.909 bits per heavy atom. The number of benzene rings is 2. The number of fused-ring (bicyclic) bond motifs is 1. The highest BCUT2D eigenvalue weighted by Crippen LogP contribution is 2.33. The van der Waals surface area contributed by atoms with Crippen LogP contribution >= 0.6 is 23.2 Å². The number of Topliss-reactive ketones (excluding diaryl/α,β-unsaturated/α-hetero) is 1. The Labute approximate surface area is 207 Å². The van der Waals surface area contributed by atoms with Crippen LogP contribution < -0.4 is 10.2 Å². The maximum atomic E-state index is 13.9. The first kappa shape index (κ1) is 23.0. The SMILES string of the molecule is O=C(C1CCCCC1)C(C1CCc2ccccc2N1)N1CCN(c2ccc(Cl)c(Cl)c2)CC1. The zero-order valence-corrected chi connectivity index (χ0v) is 20.6. The van der Waals surface area contributed by atoms with Crippen molar-refractivity contribution < 1.29 is 4.79 Å². The number of carbonyl (C=O) groups excluding carboxylic acids is 1. The van der Waals surface area contributed by atoms with Crippen LogP contribution in [0.5, 0.6) is 0 Å². The molecule has 2 aliphatic heterocycles. The standard InChI is InChI=1S/C27H33Cl2N3O/c28-22-12-11-21(18-23(22)29)31-14-16-32(17-15-31)26(27(33)20-7-2-1-3-8-20)25-13-10-19-6-4-5-9-24(19)30-25/h4-6,9,11-12,18,20,25-26,30H,1-3,7-8,10,13-17H2. The Morgan fingerprint density at radius 2 is 1.67 bits per heavy atom. The number of para-hydroxylation sites is 1. The second-order valence-electron chi connectivity index (χ2n) is 9.75. The first-order valence-electron chi connectivity index (χ1n) is 12.4. The third-order valence-electron chi connectivity index (χ3n) is 7.74. The number of piperazine rings is 1. The van der Waals surface area contributed by atoms with E-state index in [1.165, 1.54) is 30.5 Å². The predicted octanol–water partition coefficient (Wildman–Crippen LogP) is 6.06. The molecule has 0 radical (unpaired) electrons. The van der Waals surface area contributed by atoms with Gasteiger partial charge in [-0.15, -0.1) is 0 Å². The van der Waals surface area contributed by atoms with Crippen LogP contribution in [-0.4, -0.2) is 48.9 Å². The number of nitrogens with one attached hydrogen (secondary N) is 1. The van der Waals surface area contributed by atoms with E-state index >= 15 is 0 Å². The average molecular weight is 486 g/mol. The van der Waals surface area contributed by atoms with Gasteiger partial charge in [-0.05, 0) is 55.5 Å². The zero-order valence-electron chi connectivity index (χ0n) is 19.1. The second-order valence-corrected chi connectivity index (χ2v) is 10.6. The van der Waals surface area contributed by atoms with Crippen molar-refractivity contribution in [2.45, 2.75) is 57.0 Å². The molecule has 1 aliphatic carbocycles. The van der Waals surface area contributed by atoms with E-state index in [0.29, 0.717) is 15.8 Å². The fourth-order valence-electron chi connectivity index (χ4n) is 5.90. The van der Waals surface area contributed by atoms with E-state index in [1.54, 1.807) is 0 Å². The maximum absolute atomic E-state index is 13.9. The lowest BCUT2D eigenvalue weighted by Gasteiger charge is -2.45. The van der Waals surface area contributed by atoms with E-state index in [-0.39, 0.29) is 18.0 Å². The highest BCUT2D eigenvalue weighted by Gasteiger charge is 2.40. The summed E-state index contributed by atoms with van der Waals surface area (Å²) >= 11 is 12.4. The number of halogens is 2. The highest BCUT2D eigenvalue weighted by molar-refractivity contribution is 6.42. The molecule has 2 aromatic carbocycles. The summed E-state index contributed by atoms with van der Waals surface area (Å²) in [5, 5.41) is 4.94. The smallest absolute Gasteiger partial charge is 0.155 e.